The summed E-state index contributed by atoms with van der Waals surface area (Å²) in [6.45, 7) is 1.11. The van der Waals surface area contributed by atoms with Gasteiger partial charge in [-0.3, -0.25) is 10.2 Å². The Kier molecular flexibility index (Phi) is 11.4. The molecule has 0 saturated heterocycles. The number of rotatable bonds is 13. The van der Waals surface area contributed by atoms with Gasteiger partial charge in [0.2, 0.25) is 5.91 Å². The smallest absolute Gasteiger partial charge is 0.247 e. The van der Waals surface area contributed by atoms with Gasteiger partial charge in [-0.2, -0.15) is 0 Å². The lowest BCUT2D eigenvalue weighted by Crippen LogP contribution is -2.33. The van der Waals surface area contributed by atoms with E-state index in [4.69, 9.17) is 20.6 Å². The van der Waals surface area contributed by atoms with Crippen LogP contribution in [0.2, 0.25) is 0 Å². The second-order valence-electron chi connectivity index (χ2n) is 10.1. The zero-order valence-corrected chi connectivity index (χ0v) is 24.9. The molecule has 0 saturated carbocycles. The summed E-state index contributed by atoms with van der Waals surface area (Å²) in [6, 6.07) is 41.5. The molecule has 5 rings (SSSR count). The molecule has 0 unspecified atom stereocenters. The van der Waals surface area contributed by atoms with Crippen LogP contribution in [0.4, 0.5) is 5.69 Å². The number of carbonyl (C=O) groups excluding carboxylic acids is 1. The Morgan fingerprint density at radius 3 is 1.64 bits per heavy atom. The summed E-state index contributed by atoms with van der Waals surface area (Å²) in [7, 11) is 0. The van der Waals surface area contributed by atoms with E-state index >= 15 is 0 Å². The highest BCUT2D eigenvalue weighted by Crippen LogP contribution is 2.30. The Labute approximate surface area is 264 Å². The van der Waals surface area contributed by atoms with Crippen molar-refractivity contribution in [2.75, 3.05) is 5.32 Å². The first-order chi connectivity index (χ1) is 21.0. The van der Waals surface area contributed by atoms with E-state index in [1.54, 1.807) is 24.3 Å². The monoisotopic (exact) mass is 606 g/mol. The molecule has 0 aliphatic carbocycles. The van der Waals surface area contributed by atoms with E-state index in [1.165, 1.54) is 0 Å². The molecule has 0 bridgehead atoms. The topological polar surface area (TPSA) is 109 Å². The Hall–Kier alpha value is -5.27. The highest BCUT2D eigenvalue weighted by molar-refractivity contribution is 5.95. The molecule has 0 heterocycles. The summed E-state index contributed by atoms with van der Waals surface area (Å²) in [5, 5.41) is 14.1. The van der Waals surface area contributed by atoms with Crippen molar-refractivity contribution < 1.29 is 14.3 Å². The van der Waals surface area contributed by atoms with Crippen molar-refractivity contribution in [1.29, 1.82) is 5.41 Å². The molecule has 1 atom stereocenters. The minimum atomic E-state index is -0.772. The summed E-state index contributed by atoms with van der Waals surface area (Å²) in [4.78, 5) is 13.8. The van der Waals surface area contributed by atoms with Gasteiger partial charge in [-0.25, -0.2) is 0 Å². The zero-order chi connectivity index (χ0) is 29.9. The van der Waals surface area contributed by atoms with E-state index in [2.05, 4.69) is 10.6 Å². The van der Waals surface area contributed by atoms with E-state index in [0.717, 1.165) is 16.7 Å². The van der Waals surface area contributed by atoms with E-state index in [9.17, 15) is 4.79 Å². The first-order valence-corrected chi connectivity index (χ1v) is 14.0. The lowest BCUT2D eigenvalue weighted by atomic mass is 10.0. The molecule has 0 aromatic heterocycles. The molecule has 1 amide bonds. The molecule has 0 radical (unpaired) electrons. The Balaban J connectivity index is 0.00000442. The number of benzene rings is 5. The van der Waals surface area contributed by atoms with Gasteiger partial charge in [-0.1, -0.05) is 91.0 Å². The van der Waals surface area contributed by atoms with Crippen LogP contribution >= 0.6 is 12.4 Å². The van der Waals surface area contributed by atoms with Crippen LogP contribution in [0.5, 0.6) is 11.5 Å². The molecule has 44 heavy (non-hydrogen) atoms. The van der Waals surface area contributed by atoms with Gasteiger partial charge in [0.15, 0.2) is 0 Å². The van der Waals surface area contributed by atoms with Crippen LogP contribution < -0.4 is 25.8 Å². The number of hydrogen-bond acceptors (Lipinski definition) is 5. The maximum Gasteiger partial charge on any atom is 0.247 e. The molecule has 0 aliphatic heterocycles. The highest BCUT2D eigenvalue weighted by atomic mass is 35.5. The maximum atomic E-state index is 13.8. The average molecular weight is 607 g/mol. The SMILES string of the molecule is Cl.N=C(N)c1ccc(N[C@H](C(=O)NCc2ccccc2)c2cc(OCc3ccccc3)cc(OCc3ccccc3)c2)cc1. The Morgan fingerprint density at radius 1 is 0.682 bits per heavy atom. The fraction of sp³-hybridized carbons (Fsp3) is 0.111. The number of ether oxygens (including phenoxy) is 2. The van der Waals surface area contributed by atoms with Gasteiger partial charge >= 0.3 is 0 Å². The summed E-state index contributed by atoms with van der Waals surface area (Å²) in [6.07, 6.45) is 0. The van der Waals surface area contributed by atoms with Crippen molar-refractivity contribution in [3.8, 4) is 11.5 Å². The van der Waals surface area contributed by atoms with E-state index in [0.29, 0.717) is 48.1 Å². The maximum absolute atomic E-state index is 13.8. The van der Waals surface area contributed by atoms with Gasteiger partial charge in [-0.15, -0.1) is 12.4 Å². The minimum absolute atomic E-state index is 0. The van der Waals surface area contributed by atoms with Crippen LogP contribution in [-0.2, 0) is 24.6 Å². The van der Waals surface area contributed by atoms with Gasteiger partial charge in [0.05, 0.1) is 0 Å². The zero-order valence-electron chi connectivity index (χ0n) is 24.1. The number of halogens is 1. The second-order valence-corrected chi connectivity index (χ2v) is 10.1. The Morgan fingerprint density at radius 2 is 1.16 bits per heavy atom. The van der Waals surface area contributed by atoms with E-state index in [-0.39, 0.29) is 24.1 Å². The lowest BCUT2D eigenvalue weighted by Gasteiger charge is -2.22. The number of carbonyl (C=O) groups is 1. The van der Waals surface area contributed by atoms with E-state index < -0.39 is 6.04 Å². The van der Waals surface area contributed by atoms with Crippen LogP contribution in [0.25, 0.3) is 0 Å². The minimum Gasteiger partial charge on any atom is -0.489 e. The van der Waals surface area contributed by atoms with Crippen LogP contribution in [-0.4, -0.2) is 11.7 Å². The molecule has 0 spiro atoms. The quantitative estimate of drug-likeness (QED) is 0.0850. The number of nitrogens with two attached hydrogens (primary N) is 1. The van der Waals surface area contributed by atoms with Gasteiger partial charge in [0.1, 0.15) is 36.6 Å². The van der Waals surface area contributed by atoms with Crippen molar-refractivity contribution in [3.63, 3.8) is 0 Å². The fourth-order valence-electron chi connectivity index (χ4n) is 4.51. The number of anilines is 1. The van der Waals surface area contributed by atoms with Crippen LogP contribution in [0.1, 0.15) is 33.9 Å². The molecule has 224 valence electrons. The van der Waals surface area contributed by atoms with Crippen molar-refractivity contribution in [1.82, 2.24) is 5.32 Å². The predicted octanol–water partition coefficient (Wildman–Crippen LogP) is 7.02. The first-order valence-electron chi connectivity index (χ1n) is 14.0. The highest BCUT2D eigenvalue weighted by Gasteiger charge is 2.23. The van der Waals surface area contributed by atoms with Gasteiger partial charge in [0.25, 0.3) is 0 Å². The second kappa shape index (κ2) is 15.8. The largest absolute Gasteiger partial charge is 0.489 e. The van der Waals surface area contributed by atoms with Crippen molar-refractivity contribution >= 4 is 29.8 Å². The summed E-state index contributed by atoms with van der Waals surface area (Å²) < 4.78 is 12.4. The number of amidine groups is 1. The number of hydrogen-bond donors (Lipinski definition) is 4. The predicted molar refractivity (Wildman–Crippen MR) is 177 cm³/mol. The third-order valence-corrected chi connectivity index (χ3v) is 6.81. The fourth-order valence-corrected chi connectivity index (χ4v) is 4.51. The summed E-state index contributed by atoms with van der Waals surface area (Å²) in [5.41, 5.74) is 10.7. The van der Waals surface area contributed by atoms with Crippen molar-refractivity contribution in [2.24, 2.45) is 5.73 Å². The standard InChI is InChI=1S/C36H34N4O3.ClH/c37-35(38)29-16-18-31(19-17-29)40-34(36(41)39-23-26-10-4-1-5-11-26)30-20-32(42-24-27-12-6-2-7-13-27)22-33(21-30)43-25-28-14-8-3-9-15-28;/h1-22,34,40H,23-25H2,(H3,37,38)(H,39,41);1H/t34-;/m0./s1. The van der Waals surface area contributed by atoms with Gasteiger partial charge in [-0.05, 0) is 58.7 Å². The lowest BCUT2D eigenvalue weighted by molar-refractivity contribution is -0.122. The molecule has 0 fully saturated rings. The molecule has 8 heteroatoms. The molecule has 7 nitrogen and oxygen atoms in total. The third-order valence-electron chi connectivity index (χ3n) is 6.81. The molecule has 0 aliphatic rings. The van der Waals surface area contributed by atoms with Gasteiger partial charge in [0, 0.05) is 23.9 Å². The average Bonchev–Trinajstić information content (AvgIpc) is 3.06. The number of amides is 1. The first kappa shape index (κ1) is 31.7. The summed E-state index contributed by atoms with van der Waals surface area (Å²) in [5.74, 6) is 0.930. The van der Waals surface area contributed by atoms with Crippen LogP contribution in [0.15, 0.2) is 133 Å². The number of nitrogens with one attached hydrogen (secondary N) is 3. The van der Waals surface area contributed by atoms with Crippen molar-refractivity contribution in [3.05, 3.63) is 161 Å². The van der Waals surface area contributed by atoms with Gasteiger partial charge < -0.3 is 25.8 Å². The molecular weight excluding hydrogens is 572 g/mol. The van der Waals surface area contributed by atoms with Crippen LogP contribution in [0, 0.1) is 5.41 Å². The number of nitrogen functional groups attached to an aromatic ring is 1. The normalized spacial score (nSPS) is 11.0. The molecule has 5 N–H and O–H groups in total. The van der Waals surface area contributed by atoms with Crippen molar-refractivity contribution in [2.45, 2.75) is 25.8 Å². The summed E-state index contributed by atoms with van der Waals surface area (Å²) >= 11 is 0. The van der Waals surface area contributed by atoms with E-state index in [1.807, 2.05) is 109 Å². The Bertz CT molecular complexity index is 1570. The molecule has 5 aromatic carbocycles. The van der Waals surface area contributed by atoms with Crippen LogP contribution in [0.3, 0.4) is 0 Å². The molecule has 5 aromatic rings. The third kappa shape index (κ3) is 9.11. The molecular formula is C36H35ClN4O3.